The lowest BCUT2D eigenvalue weighted by Gasteiger charge is -2.32. The molecule has 0 radical (unpaired) electrons. The average Bonchev–Trinajstić information content (AvgIpc) is 2.95. The Morgan fingerprint density at radius 1 is 1.22 bits per heavy atom. The zero-order chi connectivity index (χ0) is 16.6. The second kappa shape index (κ2) is 6.09. The van der Waals surface area contributed by atoms with E-state index in [2.05, 4.69) is 6.58 Å². The lowest BCUT2D eigenvalue weighted by atomic mass is 9.85. The van der Waals surface area contributed by atoms with Crippen LogP contribution in [0.15, 0.2) is 35.7 Å². The predicted octanol–water partition coefficient (Wildman–Crippen LogP) is 2.74. The van der Waals surface area contributed by atoms with Crippen LogP contribution in [0.4, 0.5) is 0 Å². The smallest absolute Gasteiger partial charge is 0.322 e. The Morgan fingerprint density at radius 3 is 2.48 bits per heavy atom. The van der Waals surface area contributed by atoms with E-state index in [1.807, 2.05) is 0 Å². The zero-order valence-electron chi connectivity index (χ0n) is 12.9. The van der Waals surface area contributed by atoms with Gasteiger partial charge in [0.2, 0.25) is 10.0 Å². The largest absolute Gasteiger partial charge is 0.480 e. The SMILES string of the molecule is C=Cc1ccc(S(=O)(=O)N2C(C(=O)O)CC3CCCCC32)cc1. The highest BCUT2D eigenvalue weighted by atomic mass is 32.2. The van der Waals surface area contributed by atoms with Gasteiger partial charge in [-0.25, -0.2) is 8.42 Å². The van der Waals surface area contributed by atoms with Gasteiger partial charge in [-0.05, 0) is 42.9 Å². The minimum absolute atomic E-state index is 0.153. The zero-order valence-corrected chi connectivity index (χ0v) is 13.7. The van der Waals surface area contributed by atoms with Crippen LogP contribution in [-0.4, -0.2) is 35.9 Å². The van der Waals surface area contributed by atoms with Gasteiger partial charge in [0.25, 0.3) is 0 Å². The summed E-state index contributed by atoms with van der Waals surface area (Å²) < 4.78 is 27.3. The van der Waals surface area contributed by atoms with Crippen LogP contribution in [0.2, 0.25) is 0 Å². The van der Waals surface area contributed by atoms with Crippen molar-refractivity contribution in [3.05, 3.63) is 36.4 Å². The van der Waals surface area contributed by atoms with E-state index < -0.39 is 22.0 Å². The number of carbonyl (C=O) groups is 1. The van der Waals surface area contributed by atoms with Crippen LogP contribution >= 0.6 is 0 Å². The fourth-order valence-electron chi connectivity index (χ4n) is 3.87. The summed E-state index contributed by atoms with van der Waals surface area (Å²) >= 11 is 0. The third-order valence-electron chi connectivity index (χ3n) is 5.01. The molecule has 0 aromatic heterocycles. The fraction of sp³-hybridized carbons (Fsp3) is 0.471. The molecule has 3 atom stereocenters. The molecule has 3 rings (SSSR count). The molecule has 23 heavy (non-hydrogen) atoms. The third kappa shape index (κ3) is 2.81. The number of hydrogen-bond acceptors (Lipinski definition) is 3. The van der Waals surface area contributed by atoms with Crippen LogP contribution in [0.1, 0.15) is 37.7 Å². The molecule has 124 valence electrons. The van der Waals surface area contributed by atoms with Gasteiger partial charge in [-0.15, -0.1) is 0 Å². The molecule has 5 nitrogen and oxygen atoms in total. The number of carboxylic acid groups (broad SMARTS) is 1. The molecule has 1 saturated heterocycles. The van der Waals surface area contributed by atoms with Crippen LogP contribution in [-0.2, 0) is 14.8 Å². The molecule has 0 amide bonds. The summed E-state index contributed by atoms with van der Waals surface area (Å²) in [5.74, 6) is -0.891. The number of rotatable bonds is 4. The Hall–Kier alpha value is -1.66. The lowest BCUT2D eigenvalue weighted by molar-refractivity contribution is -0.141. The molecule has 1 saturated carbocycles. The molecule has 1 aromatic carbocycles. The molecular weight excluding hydrogens is 314 g/mol. The summed E-state index contributed by atoms with van der Waals surface area (Å²) in [6, 6.07) is 5.29. The number of sulfonamides is 1. The van der Waals surface area contributed by atoms with E-state index in [9.17, 15) is 18.3 Å². The molecule has 6 heteroatoms. The fourth-order valence-corrected chi connectivity index (χ4v) is 5.74. The van der Waals surface area contributed by atoms with E-state index in [4.69, 9.17) is 0 Å². The van der Waals surface area contributed by atoms with Gasteiger partial charge in [0.1, 0.15) is 6.04 Å². The second-order valence-corrected chi connectivity index (χ2v) is 8.15. The summed E-state index contributed by atoms with van der Waals surface area (Å²) in [5.41, 5.74) is 0.829. The van der Waals surface area contributed by atoms with Crippen LogP contribution in [0, 0.1) is 5.92 Å². The van der Waals surface area contributed by atoms with Crippen molar-refractivity contribution in [2.45, 2.75) is 49.1 Å². The van der Waals surface area contributed by atoms with Gasteiger partial charge in [0.05, 0.1) is 4.90 Å². The number of hydrogen-bond donors (Lipinski definition) is 1. The predicted molar refractivity (Wildman–Crippen MR) is 87.3 cm³/mol. The molecule has 2 fully saturated rings. The standard InChI is InChI=1S/C17H21NO4S/c1-2-12-7-9-14(10-8-12)23(21,22)18-15-6-4-3-5-13(15)11-16(18)17(19)20/h2,7-10,13,15-16H,1,3-6,11H2,(H,19,20). The first-order valence-electron chi connectivity index (χ1n) is 7.94. The first kappa shape index (κ1) is 16.2. The molecule has 0 bridgehead atoms. The van der Waals surface area contributed by atoms with Crippen LogP contribution < -0.4 is 0 Å². The number of carboxylic acids is 1. The number of benzene rings is 1. The first-order valence-corrected chi connectivity index (χ1v) is 9.38. The molecule has 1 aliphatic heterocycles. The Labute approximate surface area is 136 Å². The first-order chi connectivity index (χ1) is 10.9. The maximum Gasteiger partial charge on any atom is 0.322 e. The monoisotopic (exact) mass is 335 g/mol. The molecular formula is C17H21NO4S. The van der Waals surface area contributed by atoms with Crippen molar-refractivity contribution in [1.82, 2.24) is 4.31 Å². The summed E-state index contributed by atoms with van der Waals surface area (Å²) in [6.45, 7) is 3.65. The summed E-state index contributed by atoms with van der Waals surface area (Å²) in [5, 5.41) is 9.50. The van der Waals surface area contributed by atoms with Crippen LogP contribution in [0.3, 0.4) is 0 Å². The van der Waals surface area contributed by atoms with Crippen molar-refractivity contribution in [1.29, 1.82) is 0 Å². The Balaban J connectivity index is 2.00. The van der Waals surface area contributed by atoms with Crippen molar-refractivity contribution < 1.29 is 18.3 Å². The lowest BCUT2D eigenvalue weighted by Crippen LogP contribution is -2.46. The molecule has 1 heterocycles. The van der Waals surface area contributed by atoms with Gasteiger partial charge in [-0.3, -0.25) is 4.79 Å². The van der Waals surface area contributed by atoms with Crippen molar-refractivity contribution in [2.75, 3.05) is 0 Å². The quantitative estimate of drug-likeness (QED) is 0.918. The third-order valence-corrected chi connectivity index (χ3v) is 6.95. The molecule has 1 aliphatic carbocycles. The molecule has 2 aliphatic rings. The van der Waals surface area contributed by atoms with Gasteiger partial charge < -0.3 is 5.11 Å². The Kier molecular flexibility index (Phi) is 4.29. The van der Waals surface area contributed by atoms with Crippen molar-refractivity contribution in [2.24, 2.45) is 5.92 Å². The minimum atomic E-state index is -3.81. The highest BCUT2D eigenvalue weighted by molar-refractivity contribution is 7.89. The highest BCUT2D eigenvalue weighted by Crippen LogP contribution is 2.42. The van der Waals surface area contributed by atoms with E-state index in [1.54, 1.807) is 18.2 Å². The Bertz CT molecular complexity index is 711. The van der Waals surface area contributed by atoms with Crippen LogP contribution in [0.5, 0.6) is 0 Å². The van der Waals surface area contributed by atoms with E-state index in [1.165, 1.54) is 16.4 Å². The molecule has 3 unspecified atom stereocenters. The van der Waals surface area contributed by atoms with Gasteiger partial charge >= 0.3 is 5.97 Å². The van der Waals surface area contributed by atoms with E-state index in [-0.39, 0.29) is 16.9 Å². The molecule has 1 aromatic rings. The van der Waals surface area contributed by atoms with Crippen molar-refractivity contribution in [3.8, 4) is 0 Å². The van der Waals surface area contributed by atoms with E-state index in [0.717, 1.165) is 31.2 Å². The average molecular weight is 335 g/mol. The maximum atomic E-state index is 13.0. The minimum Gasteiger partial charge on any atom is -0.480 e. The number of aliphatic carboxylic acids is 1. The van der Waals surface area contributed by atoms with Crippen LogP contribution in [0.25, 0.3) is 6.08 Å². The summed E-state index contributed by atoms with van der Waals surface area (Å²) in [4.78, 5) is 11.8. The van der Waals surface area contributed by atoms with Gasteiger partial charge in [-0.2, -0.15) is 4.31 Å². The molecule has 1 N–H and O–H groups in total. The molecule has 0 spiro atoms. The normalized spacial score (nSPS) is 28.3. The van der Waals surface area contributed by atoms with Gasteiger partial charge in [-0.1, -0.05) is 37.6 Å². The van der Waals surface area contributed by atoms with E-state index in [0.29, 0.717) is 6.42 Å². The van der Waals surface area contributed by atoms with Gasteiger partial charge in [0, 0.05) is 6.04 Å². The van der Waals surface area contributed by atoms with E-state index >= 15 is 0 Å². The number of nitrogens with zero attached hydrogens (tertiary/aromatic N) is 1. The summed E-state index contributed by atoms with van der Waals surface area (Å²) in [7, 11) is -3.81. The van der Waals surface area contributed by atoms with Crippen molar-refractivity contribution >= 4 is 22.1 Å². The summed E-state index contributed by atoms with van der Waals surface area (Å²) in [6.07, 6.45) is 5.73. The topological polar surface area (TPSA) is 74.7 Å². The van der Waals surface area contributed by atoms with Gasteiger partial charge in [0.15, 0.2) is 0 Å². The highest BCUT2D eigenvalue weighted by Gasteiger charge is 2.51. The Morgan fingerprint density at radius 2 is 1.87 bits per heavy atom. The second-order valence-electron chi connectivity index (χ2n) is 6.31. The maximum absolute atomic E-state index is 13.0. The van der Waals surface area contributed by atoms with Crippen molar-refractivity contribution in [3.63, 3.8) is 0 Å². The number of fused-ring (bicyclic) bond motifs is 1.